The molecule has 0 amide bonds. The van der Waals surface area contributed by atoms with E-state index in [1.165, 1.54) is 0 Å². The van der Waals surface area contributed by atoms with E-state index in [-0.39, 0.29) is 5.54 Å². The van der Waals surface area contributed by atoms with Crippen molar-refractivity contribution in [1.29, 1.82) is 0 Å². The second-order valence-electron chi connectivity index (χ2n) is 2.21. The predicted octanol–water partition coefficient (Wildman–Crippen LogP) is 0.0725. The summed E-state index contributed by atoms with van der Waals surface area (Å²) in [6, 6.07) is 0. The Morgan fingerprint density at radius 2 is 2.00 bits per heavy atom. The van der Waals surface area contributed by atoms with Crippen LogP contribution in [0.3, 0.4) is 0 Å². The molecule has 7 heavy (non-hydrogen) atoms. The van der Waals surface area contributed by atoms with Crippen LogP contribution in [-0.4, -0.2) is 12.1 Å². The van der Waals surface area contributed by atoms with Crippen LogP contribution in [0.15, 0.2) is 0 Å². The first-order chi connectivity index (χ1) is 3.12. The maximum atomic E-state index is 5.59. The Morgan fingerprint density at radius 1 is 1.57 bits per heavy atom. The van der Waals surface area contributed by atoms with Crippen molar-refractivity contribution < 1.29 is 0 Å². The van der Waals surface area contributed by atoms with Gasteiger partial charge in [-0.1, -0.05) is 6.92 Å². The highest BCUT2D eigenvalue weighted by Crippen LogP contribution is 1.99. The maximum absolute atomic E-state index is 5.59. The molecule has 44 valence electrons. The number of hydrogen-bond acceptors (Lipinski definition) is 2. The van der Waals surface area contributed by atoms with Crippen molar-refractivity contribution in [3.8, 4) is 0 Å². The van der Waals surface area contributed by atoms with Crippen molar-refractivity contribution >= 4 is 0 Å². The minimum Gasteiger partial charge on any atom is -0.329 e. The van der Waals surface area contributed by atoms with Crippen molar-refractivity contribution in [3.63, 3.8) is 0 Å². The molecule has 0 heterocycles. The van der Waals surface area contributed by atoms with Crippen LogP contribution in [0.5, 0.6) is 0 Å². The number of nitrogens with two attached hydrogens (primary N) is 2. The van der Waals surface area contributed by atoms with Crippen molar-refractivity contribution in [3.05, 3.63) is 0 Å². The topological polar surface area (TPSA) is 52.0 Å². The fourth-order valence-corrected chi connectivity index (χ4v) is 0.144. The first-order valence-corrected chi connectivity index (χ1v) is 2.61. The molecule has 0 aromatic heterocycles. The molecule has 0 spiro atoms. The second kappa shape index (κ2) is 2.28. The van der Waals surface area contributed by atoms with Gasteiger partial charge in [-0.2, -0.15) is 0 Å². The summed E-state index contributed by atoms with van der Waals surface area (Å²) in [7, 11) is 0. The van der Waals surface area contributed by atoms with Crippen LogP contribution < -0.4 is 11.5 Å². The number of rotatable bonds is 2. The highest BCUT2D eigenvalue weighted by molar-refractivity contribution is 4.76. The molecule has 0 aromatic rings. The van der Waals surface area contributed by atoms with Crippen molar-refractivity contribution in [2.45, 2.75) is 25.8 Å². The first-order valence-electron chi connectivity index (χ1n) is 2.61. The Morgan fingerprint density at radius 3 is 2.00 bits per heavy atom. The van der Waals surface area contributed by atoms with Gasteiger partial charge in [0.15, 0.2) is 0 Å². The molecular weight excluding hydrogens is 88.1 g/mol. The van der Waals surface area contributed by atoms with E-state index < -0.39 is 0 Å². The average Bonchev–Trinajstić information content (AvgIpc) is 1.68. The van der Waals surface area contributed by atoms with Crippen LogP contribution in [0.1, 0.15) is 20.3 Å². The van der Waals surface area contributed by atoms with Crippen molar-refractivity contribution in [1.82, 2.24) is 0 Å². The molecule has 2 heteroatoms. The zero-order chi connectivity index (χ0) is 5.91. The smallest absolute Gasteiger partial charge is 0.0247 e. The molecule has 0 aliphatic carbocycles. The summed E-state index contributed by atoms with van der Waals surface area (Å²) in [6.07, 6.45) is 0.948. The van der Waals surface area contributed by atoms with Gasteiger partial charge in [-0.05, 0) is 13.3 Å². The van der Waals surface area contributed by atoms with Gasteiger partial charge in [0.2, 0.25) is 0 Å². The lowest BCUT2D eigenvalue weighted by Gasteiger charge is -2.18. The summed E-state index contributed by atoms with van der Waals surface area (Å²) in [5.41, 5.74) is 10.7. The quantitative estimate of drug-likeness (QED) is 0.518. The van der Waals surface area contributed by atoms with E-state index in [4.69, 9.17) is 11.5 Å². The van der Waals surface area contributed by atoms with E-state index in [9.17, 15) is 0 Å². The summed E-state index contributed by atoms with van der Waals surface area (Å²) in [4.78, 5) is 0. The minimum atomic E-state index is -0.139. The molecule has 4 N–H and O–H groups in total. The van der Waals surface area contributed by atoms with Gasteiger partial charge in [0.1, 0.15) is 0 Å². The van der Waals surface area contributed by atoms with Crippen LogP contribution in [-0.2, 0) is 0 Å². The third-order valence-corrected chi connectivity index (χ3v) is 1.27. The SMILES string of the molecule is CCC(C)(N)CN. The van der Waals surface area contributed by atoms with Gasteiger partial charge >= 0.3 is 0 Å². The Balaban J connectivity index is 3.36. The van der Waals surface area contributed by atoms with Crippen LogP contribution in [0, 0.1) is 0 Å². The fraction of sp³-hybridized carbons (Fsp3) is 1.00. The zero-order valence-electron chi connectivity index (χ0n) is 5.07. The van der Waals surface area contributed by atoms with E-state index >= 15 is 0 Å². The van der Waals surface area contributed by atoms with Crippen LogP contribution >= 0.6 is 0 Å². The molecule has 0 rings (SSSR count). The summed E-state index contributed by atoms with van der Waals surface area (Å²) in [6.45, 7) is 4.56. The van der Waals surface area contributed by atoms with Crippen LogP contribution in [0.2, 0.25) is 0 Å². The van der Waals surface area contributed by atoms with Gasteiger partial charge in [0, 0.05) is 12.1 Å². The van der Waals surface area contributed by atoms with Gasteiger partial charge in [0.25, 0.3) is 0 Å². The van der Waals surface area contributed by atoms with E-state index in [1.54, 1.807) is 0 Å². The molecule has 0 aliphatic heterocycles. The molecule has 0 fully saturated rings. The van der Waals surface area contributed by atoms with Gasteiger partial charge in [0.05, 0.1) is 0 Å². The fourth-order valence-electron chi connectivity index (χ4n) is 0.144. The summed E-state index contributed by atoms with van der Waals surface area (Å²) >= 11 is 0. The van der Waals surface area contributed by atoms with Crippen molar-refractivity contribution in [2.24, 2.45) is 11.5 Å². The van der Waals surface area contributed by atoms with E-state index in [2.05, 4.69) is 0 Å². The molecule has 0 aliphatic rings. The van der Waals surface area contributed by atoms with Gasteiger partial charge in [-0.3, -0.25) is 0 Å². The maximum Gasteiger partial charge on any atom is 0.0247 e. The molecule has 0 saturated carbocycles. The lowest BCUT2D eigenvalue weighted by atomic mass is 10.0. The normalized spacial score (nSPS) is 18.9. The summed E-state index contributed by atoms with van der Waals surface area (Å²) in [5.74, 6) is 0. The summed E-state index contributed by atoms with van der Waals surface area (Å²) < 4.78 is 0. The molecule has 0 radical (unpaired) electrons. The van der Waals surface area contributed by atoms with Crippen molar-refractivity contribution in [2.75, 3.05) is 6.54 Å². The van der Waals surface area contributed by atoms with Crippen LogP contribution in [0.25, 0.3) is 0 Å². The Bertz CT molecular complexity index is 44.0. The van der Waals surface area contributed by atoms with Gasteiger partial charge in [-0.15, -0.1) is 0 Å². The van der Waals surface area contributed by atoms with E-state index in [1.807, 2.05) is 13.8 Å². The number of hydrogen-bond donors (Lipinski definition) is 2. The van der Waals surface area contributed by atoms with E-state index in [0.29, 0.717) is 6.54 Å². The zero-order valence-corrected chi connectivity index (χ0v) is 5.07. The largest absolute Gasteiger partial charge is 0.329 e. The Hall–Kier alpha value is -0.0800. The Kier molecular flexibility index (Phi) is 2.26. The highest BCUT2D eigenvalue weighted by Gasteiger charge is 2.10. The lowest BCUT2D eigenvalue weighted by molar-refractivity contribution is 0.464. The second-order valence-corrected chi connectivity index (χ2v) is 2.21. The molecule has 1 atom stereocenters. The average molecular weight is 102 g/mol. The third kappa shape index (κ3) is 2.60. The molecule has 0 aromatic carbocycles. The van der Waals surface area contributed by atoms with E-state index in [0.717, 1.165) is 6.42 Å². The summed E-state index contributed by atoms with van der Waals surface area (Å²) in [5, 5.41) is 0. The molecule has 2 nitrogen and oxygen atoms in total. The minimum absolute atomic E-state index is 0.139. The van der Waals surface area contributed by atoms with Gasteiger partial charge < -0.3 is 11.5 Å². The molecule has 0 bridgehead atoms. The highest BCUT2D eigenvalue weighted by atomic mass is 14.8. The molecule has 0 saturated heterocycles. The molecule has 1 unspecified atom stereocenters. The monoisotopic (exact) mass is 102 g/mol. The van der Waals surface area contributed by atoms with Gasteiger partial charge in [-0.25, -0.2) is 0 Å². The third-order valence-electron chi connectivity index (χ3n) is 1.27. The predicted molar refractivity (Wildman–Crippen MR) is 31.9 cm³/mol. The van der Waals surface area contributed by atoms with Crippen LogP contribution in [0.4, 0.5) is 0 Å². The Labute approximate surface area is 44.9 Å². The lowest BCUT2D eigenvalue weighted by Crippen LogP contribution is -2.42. The molecular formula is C5H14N2. The first kappa shape index (κ1) is 6.92. The standard InChI is InChI=1S/C5H14N2/c1-3-5(2,7)4-6/h3-4,6-7H2,1-2H3.